The lowest BCUT2D eigenvalue weighted by Crippen LogP contribution is -2.09. The van der Waals surface area contributed by atoms with E-state index in [-0.39, 0.29) is 11.6 Å². The minimum absolute atomic E-state index is 0.298. The molecule has 0 aliphatic rings. The van der Waals surface area contributed by atoms with Crippen molar-refractivity contribution in [3.05, 3.63) is 63.8 Å². The molecule has 0 aliphatic carbocycles. The molecule has 2 aromatic heterocycles. The number of hydrogen-bond acceptors (Lipinski definition) is 4. The smallest absolute Gasteiger partial charge is 0.311 e. The van der Waals surface area contributed by atoms with Crippen molar-refractivity contribution >= 4 is 0 Å². The maximum Gasteiger partial charge on any atom is 0.416 e. The SMILES string of the molecule is Cc1nc(-c2cn([C@H](C)c3ccc(C(F)(F)F)cc3)nn2)cc(=O)[nH]1. The van der Waals surface area contributed by atoms with Crippen molar-refractivity contribution < 1.29 is 13.2 Å². The number of hydrogen-bond donors (Lipinski definition) is 1. The summed E-state index contributed by atoms with van der Waals surface area (Å²) in [5, 5.41) is 7.98. The van der Waals surface area contributed by atoms with E-state index in [1.807, 2.05) is 0 Å². The first-order chi connectivity index (χ1) is 11.7. The van der Waals surface area contributed by atoms with Crippen LogP contribution in [-0.4, -0.2) is 25.0 Å². The van der Waals surface area contributed by atoms with Gasteiger partial charge < -0.3 is 4.98 Å². The van der Waals surface area contributed by atoms with Crippen LogP contribution in [0.5, 0.6) is 0 Å². The van der Waals surface area contributed by atoms with E-state index >= 15 is 0 Å². The monoisotopic (exact) mass is 349 g/mol. The minimum Gasteiger partial charge on any atom is -0.311 e. The van der Waals surface area contributed by atoms with Crippen LogP contribution in [0, 0.1) is 6.92 Å². The number of aromatic amines is 1. The predicted octanol–water partition coefficient (Wildman–Crippen LogP) is 2.96. The minimum atomic E-state index is -4.37. The molecule has 3 rings (SSSR count). The van der Waals surface area contributed by atoms with Crippen LogP contribution >= 0.6 is 0 Å². The van der Waals surface area contributed by atoms with Crippen molar-refractivity contribution in [1.82, 2.24) is 25.0 Å². The highest BCUT2D eigenvalue weighted by molar-refractivity contribution is 5.51. The number of aryl methyl sites for hydroxylation is 1. The second kappa shape index (κ2) is 6.15. The number of rotatable bonds is 3. The number of aromatic nitrogens is 5. The van der Waals surface area contributed by atoms with Gasteiger partial charge in [-0.2, -0.15) is 13.2 Å². The van der Waals surface area contributed by atoms with Gasteiger partial charge in [-0.3, -0.25) is 4.79 Å². The topological polar surface area (TPSA) is 76.5 Å². The molecule has 2 heterocycles. The van der Waals surface area contributed by atoms with E-state index in [9.17, 15) is 18.0 Å². The van der Waals surface area contributed by atoms with Gasteiger partial charge in [-0.1, -0.05) is 17.3 Å². The van der Waals surface area contributed by atoms with Gasteiger partial charge in [-0.25, -0.2) is 9.67 Å². The van der Waals surface area contributed by atoms with Crippen LogP contribution in [0.3, 0.4) is 0 Å². The Bertz CT molecular complexity index is 943. The fourth-order valence-corrected chi connectivity index (χ4v) is 2.40. The molecule has 1 N–H and O–H groups in total. The van der Waals surface area contributed by atoms with Crippen LogP contribution in [0.15, 0.2) is 41.3 Å². The maximum atomic E-state index is 12.6. The lowest BCUT2D eigenvalue weighted by molar-refractivity contribution is -0.137. The van der Waals surface area contributed by atoms with Crippen LogP contribution in [0.2, 0.25) is 0 Å². The first kappa shape index (κ1) is 16.9. The van der Waals surface area contributed by atoms with Gasteiger partial charge in [0, 0.05) is 6.07 Å². The van der Waals surface area contributed by atoms with Crippen molar-refractivity contribution in [3.8, 4) is 11.4 Å². The van der Waals surface area contributed by atoms with E-state index in [0.717, 1.165) is 12.1 Å². The Labute approximate surface area is 140 Å². The van der Waals surface area contributed by atoms with Crippen LogP contribution in [-0.2, 0) is 6.18 Å². The normalized spacial score (nSPS) is 13.0. The van der Waals surface area contributed by atoms with Crippen molar-refractivity contribution in [2.45, 2.75) is 26.1 Å². The Morgan fingerprint density at radius 2 is 1.84 bits per heavy atom. The summed E-state index contributed by atoms with van der Waals surface area (Å²) in [7, 11) is 0. The zero-order valence-electron chi connectivity index (χ0n) is 13.4. The molecule has 0 saturated heterocycles. The molecular weight excluding hydrogens is 335 g/mol. The molecule has 1 atom stereocenters. The molecule has 9 heteroatoms. The van der Waals surface area contributed by atoms with E-state index in [1.165, 1.54) is 22.9 Å². The van der Waals surface area contributed by atoms with Gasteiger partial charge in [-0.05, 0) is 31.5 Å². The average molecular weight is 349 g/mol. The quantitative estimate of drug-likeness (QED) is 0.789. The molecule has 3 aromatic rings. The summed E-state index contributed by atoms with van der Waals surface area (Å²) < 4.78 is 39.4. The molecule has 0 unspecified atom stereocenters. The van der Waals surface area contributed by atoms with Gasteiger partial charge >= 0.3 is 6.18 Å². The molecule has 0 aliphatic heterocycles. The van der Waals surface area contributed by atoms with Gasteiger partial charge in [0.2, 0.25) is 0 Å². The fraction of sp³-hybridized carbons (Fsp3) is 0.250. The van der Waals surface area contributed by atoms with E-state index in [0.29, 0.717) is 22.8 Å². The highest BCUT2D eigenvalue weighted by atomic mass is 19.4. The van der Waals surface area contributed by atoms with Crippen molar-refractivity contribution in [1.29, 1.82) is 0 Å². The summed E-state index contributed by atoms with van der Waals surface area (Å²) in [5.74, 6) is 0.452. The Hall–Kier alpha value is -2.97. The summed E-state index contributed by atoms with van der Waals surface area (Å²) in [6.45, 7) is 3.44. The number of benzene rings is 1. The molecule has 0 amide bonds. The van der Waals surface area contributed by atoms with Gasteiger partial charge in [0.25, 0.3) is 5.56 Å². The number of halogens is 3. The Kier molecular flexibility index (Phi) is 4.15. The van der Waals surface area contributed by atoms with Crippen molar-refractivity contribution in [2.75, 3.05) is 0 Å². The molecule has 0 radical (unpaired) electrons. The highest BCUT2D eigenvalue weighted by Crippen LogP contribution is 2.30. The first-order valence-corrected chi connectivity index (χ1v) is 7.41. The van der Waals surface area contributed by atoms with E-state index < -0.39 is 11.7 Å². The fourth-order valence-electron chi connectivity index (χ4n) is 2.40. The molecule has 0 bridgehead atoms. The van der Waals surface area contributed by atoms with Crippen LogP contribution in [0.25, 0.3) is 11.4 Å². The standard InChI is InChI=1S/C16H14F3N5O/c1-9(11-3-5-12(6-4-11)16(17,18)19)24-8-14(22-23-24)13-7-15(25)21-10(2)20-13/h3-9H,1-2H3,(H,20,21,25)/t9-/m1/s1. The second-order valence-corrected chi connectivity index (χ2v) is 5.60. The van der Waals surface area contributed by atoms with Gasteiger partial charge in [0.1, 0.15) is 11.5 Å². The molecule has 6 nitrogen and oxygen atoms in total. The van der Waals surface area contributed by atoms with E-state index in [4.69, 9.17) is 0 Å². The Morgan fingerprint density at radius 3 is 2.44 bits per heavy atom. The summed E-state index contributed by atoms with van der Waals surface area (Å²) >= 11 is 0. The Morgan fingerprint density at radius 1 is 1.16 bits per heavy atom. The Balaban J connectivity index is 1.87. The predicted molar refractivity (Wildman–Crippen MR) is 83.9 cm³/mol. The summed E-state index contributed by atoms with van der Waals surface area (Å²) in [6.07, 6.45) is -2.77. The molecule has 1 aromatic carbocycles. The first-order valence-electron chi connectivity index (χ1n) is 7.41. The third-order valence-corrected chi connectivity index (χ3v) is 3.75. The molecule has 0 saturated carbocycles. The summed E-state index contributed by atoms with van der Waals surface area (Å²) in [5.41, 5.74) is 0.443. The largest absolute Gasteiger partial charge is 0.416 e. The highest BCUT2D eigenvalue weighted by Gasteiger charge is 2.30. The van der Waals surface area contributed by atoms with Gasteiger partial charge in [-0.15, -0.1) is 5.10 Å². The molecule has 25 heavy (non-hydrogen) atoms. The third kappa shape index (κ3) is 3.59. The summed E-state index contributed by atoms with van der Waals surface area (Å²) in [4.78, 5) is 18.2. The molecule has 0 spiro atoms. The lowest BCUT2D eigenvalue weighted by Gasteiger charge is -2.13. The average Bonchev–Trinajstić information content (AvgIpc) is 3.02. The number of H-pyrrole nitrogens is 1. The summed E-state index contributed by atoms with van der Waals surface area (Å²) in [6, 6.07) is 5.86. The van der Waals surface area contributed by atoms with Gasteiger partial charge in [0.15, 0.2) is 0 Å². The van der Waals surface area contributed by atoms with Gasteiger partial charge in [0.05, 0.1) is 23.5 Å². The number of nitrogens with zero attached hydrogens (tertiary/aromatic N) is 4. The second-order valence-electron chi connectivity index (χ2n) is 5.60. The molecule has 130 valence electrons. The van der Waals surface area contributed by atoms with Crippen molar-refractivity contribution in [3.63, 3.8) is 0 Å². The van der Waals surface area contributed by atoms with E-state index in [2.05, 4.69) is 20.3 Å². The third-order valence-electron chi connectivity index (χ3n) is 3.75. The zero-order valence-corrected chi connectivity index (χ0v) is 13.4. The molecular formula is C16H14F3N5O. The number of nitrogens with one attached hydrogen (secondary N) is 1. The number of alkyl halides is 3. The van der Waals surface area contributed by atoms with Crippen LogP contribution in [0.4, 0.5) is 13.2 Å². The van der Waals surface area contributed by atoms with Crippen LogP contribution in [0.1, 0.15) is 29.9 Å². The zero-order chi connectivity index (χ0) is 18.2. The maximum absolute atomic E-state index is 12.6. The van der Waals surface area contributed by atoms with Crippen LogP contribution < -0.4 is 5.56 Å². The molecule has 0 fully saturated rings. The van der Waals surface area contributed by atoms with Crippen molar-refractivity contribution in [2.24, 2.45) is 0 Å². The van der Waals surface area contributed by atoms with E-state index in [1.54, 1.807) is 20.0 Å². The lowest BCUT2D eigenvalue weighted by atomic mass is 10.1.